The fourth-order valence-electron chi connectivity index (χ4n) is 0.680. The van der Waals surface area contributed by atoms with Gasteiger partial charge in [0.1, 0.15) is 0 Å². The summed E-state index contributed by atoms with van der Waals surface area (Å²) in [6.45, 7) is 0. The van der Waals surface area contributed by atoms with Crippen molar-refractivity contribution in [3.05, 3.63) is 24.5 Å². The highest BCUT2D eigenvalue weighted by atomic mass is 32.1. The molecule has 1 rings (SSSR count). The van der Waals surface area contributed by atoms with Crippen LogP contribution in [0.25, 0.3) is 0 Å². The van der Waals surface area contributed by atoms with Crippen LogP contribution in [-0.2, 0) is 0 Å². The molecule has 0 atom stereocenters. The predicted molar refractivity (Wildman–Crippen MR) is 46.5 cm³/mol. The van der Waals surface area contributed by atoms with E-state index in [-0.39, 0.29) is 0 Å². The Morgan fingerprint density at radius 2 is 2.10 bits per heavy atom. The maximum atomic E-state index is 4.13. The summed E-state index contributed by atoms with van der Waals surface area (Å²) < 4.78 is 0. The number of aromatic nitrogens is 1. The van der Waals surface area contributed by atoms with Crippen molar-refractivity contribution in [1.29, 1.82) is 0 Å². The Morgan fingerprint density at radius 3 is 2.60 bits per heavy atom. The Kier molecular flexibility index (Phi) is 2.57. The Bertz CT molecular complexity index is 188. The predicted octanol–water partition coefficient (Wildman–Crippen LogP) is 1.41. The summed E-state index contributed by atoms with van der Waals surface area (Å²) in [5, 5.41) is 0. The van der Waals surface area contributed by atoms with Crippen LogP contribution in [0.5, 0.6) is 0 Å². The standard InChI is InChI=1S/C7H10N2S/c1-9(6-10)7-2-4-8-5-3-7/h2-5,10H,6H2,1H3. The van der Waals surface area contributed by atoms with Crippen LogP contribution in [0, 0.1) is 0 Å². The van der Waals surface area contributed by atoms with Gasteiger partial charge in [-0.1, -0.05) is 0 Å². The van der Waals surface area contributed by atoms with Gasteiger partial charge in [-0.05, 0) is 12.1 Å². The van der Waals surface area contributed by atoms with E-state index in [0.717, 1.165) is 11.6 Å². The summed E-state index contributed by atoms with van der Waals surface area (Å²) in [4.78, 5) is 5.94. The number of hydrogen-bond donors (Lipinski definition) is 1. The highest BCUT2D eigenvalue weighted by Gasteiger charge is 1.93. The van der Waals surface area contributed by atoms with Gasteiger partial charge in [-0.15, -0.1) is 0 Å². The molecule has 0 aliphatic heterocycles. The second kappa shape index (κ2) is 3.46. The minimum Gasteiger partial charge on any atom is -0.365 e. The molecule has 1 aromatic rings. The van der Waals surface area contributed by atoms with Crippen LogP contribution in [0.2, 0.25) is 0 Å². The number of anilines is 1. The summed E-state index contributed by atoms with van der Waals surface area (Å²) in [5.41, 5.74) is 1.14. The van der Waals surface area contributed by atoms with Gasteiger partial charge >= 0.3 is 0 Å². The molecule has 0 aromatic carbocycles. The van der Waals surface area contributed by atoms with Gasteiger partial charge < -0.3 is 4.90 Å². The first-order valence-corrected chi connectivity index (χ1v) is 3.70. The van der Waals surface area contributed by atoms with E-state index in [1.54, 1.807) is 12.4 Å². The van der Waals surface area contributed by atoms with Crippen LogP contribution in [-0.4, -0.2) is 17.9 Å². The lowest BCUT2D eigenvalue weighted by Crippen LogP contribution is -2.13. The molecule has 0 N–H and O–H groups in total. The van der Waals surface area contributed by atoms with E-state index in [4.69, 9.17) is 0 Å². The second-order valence-corrected chi connectivity index (χ2v) is 2.33. The average Bonchev–Trinajstić information content (AvgIpc) is 2.05. The summed E-state index contributed by atoms with van der Waals surface area (Å²) >= 11 is 4.13. The lowest BCUT2D eigenvalue weighted by molar-refractivity contribution is 1.09. The highest BCUT2D eigenvalue weighted by Crippen LogP contribution is 2.08. The largest absolute Gasteiger partial charge is 0.365 e. The Labute approximate surface area is 66.3 Å². The maximum absolute atomic E-state index is 4.13. The van der Waals surface area contributed by atoms with Gasteiger partial charge in [-0.3, -0.25) is 4.98 Å². The summed E-state index contributed by atoms with van der Waals surface area (Å²) in [6, 6.07) is 3.91. The lowest BCUT2D eigenvalue weighted by Gasteiger charge is -2.14. The summed E-state index contributed by atoms with van der Waals surface area (Å²) in [5.74, 6) is 0.726. The number of rotatable bonds is 2. The van der Waals surface area contributed by atoms with Crippen molar-refractivity contribution >= 4 is 18.3 Å². The molecule has 54 valence electrons. The van der Waals surface area contributed by atoms with E-state index in [0.29, 0.717) is 0 Å². The Hall–Kier alpha value is -0.700. The molecule has 1 heterocycles. The quantitative estimate of drug-likeness (QED) is 0.512. The van der Waals surface area contributed by atoms with Gasteiger partial charge in [-0.25, -0.2) is 0 Å². The first-order chi connectivity index (χ1) is 4.84. The van der Waals surface area contributed by atoms with Crippen molar-refractivity contribution in [3.63, 3.8) is 0 Å². The molecule has 1 aromatic heterocycles. The first kappa shape index (κ1) is 7.41. The Morgan fingerprint density at radius 1 is 1.50 bits per heavy atom. The molecule has 0 radical (unpaired) electrons. The smallest absolute Gasteiger partial charge is 0.0606 e. The third-order valence-electron chi connectivity index (χ3n) is 1.32. The molecule has 0 aliphatic carbocycles. The Balaban J connectivity index is 2.75. The van der Waals surface area contributed by atoms with Gasteiger partial charge in [0.25, 0.3) is 0 Å². The average molecular weight is 154 g/mol. The zero-order chi connectivity index (χ0) is 7.40. The monoisotopic (exact) mass is 154 g/mol. The van der Waals surface area contributed by atoms with Crippen LogP contribution in [0.1, 0.15) is 0 Å². The van der Waals surface area contributed by atoms with Gasteiger partial charge in [0.2, 0.25) is 0 Å². The fraction of sp³-hybridized carbons (Fsp3) is 0.286. The van der Waals surface area contributed by atoms with Crippen LogP contribution >= 0.6 is 12.6 Å². The van der Waals surface area contributed by atoms with E-state index in [2.05, 4.69) is 17.6 Å². The van der Waals surface area contributed by atoms with E-state index in [9.17, 15) is 0 Å². The van der Waals surface area contributed by atoms with E-state index < -0.39 is 0 Å². The third-order valence-corrected chi connectivity index (χ3v) is 1.74. The molecule has 0 fully saturated rings. The number of pyridine rings is 1. The lowest BCUT2D eigenvalue weighted by atomic mass is 10.4. The molecule has 2 nitrogen and oxygen atoms in total. The number of hydrogen-bond acceptors (Lipinski definition) is 3. The van der Waals surface area contributed by atoms with Gasteiger partial charge in [0.05, 0.1) is 5.88 Å². The van der Waals surface area contributed by atoms with Gasteiger partial charge in [0, 0.05) is 25.1 Å². The normalized spacial score (nSPS) is 9.40. The highest BCUT2D eigenvalue weighted by molar-refractivity contribution is 7.80. The molecule has 0 saturated carbocycles. The van der Waals surface area contributed by atoms with Crippen molar-refractivity contribution in [3.8, 4) is 0 Å². The number of thiol groups is 1. The van der Waals surface area contributed by atoms with Gasteiger partial charge in [0.15, 0.2) is 0 Å². The molecule has 0 spiro atoms. The zero-order valence-electron chi connectivity index (χ0n) is 5.86. The van der Waals surface area contributed by atoms with Crippen LogP contribution in [0.15, 0.2) is 24.5 Å². The molecule has 10 heavy (non-hydrogen) atoms. The van der Waals surface area contributed by atoms with Crippen LogP contribution < -0.4 is 4.90 Å². The van der Waals surface area contributed by atoms with Crippen molar-refractivity contribution in [2.45, 2.75) is 0 Å². The molecule has 0 unspecified atom stereocenters. The maximum Gasteiger partial charge on any atom is 0.0606 e. The molecular formula is C7H10N2S. The van der Waals surface area contributed by atoms with Crippen LogP contribution in [0.3, 0.4) is 0 Å². The molecule has 0 aliphatic rings. The molecule has 0 saturated heterocycles. The minimum absolute atomic E-state index is 0.726. The van der Waals surface area contributed by atoms with Gasteiger partial charge in [-0.2, -0.15) is 12.6 Å². The van der Waals surface area contributed by atoms with E-state index in [1.807, 2.05) is 24.1 Å². The number of nitrogens with zero attached hydrogens (tertiary/aromatic N) is 2. The topological polar surface area (TPSA) is 16.1 Å². The van der Waals surface area contributed by atoms with Crippen molar-refractivity contribution < 1.29 is 0 Å². The van der Waals surface area contributed by atoms with Crippen molar-refractivity contribution in [2.24, 2.45) is 0 Å². The molecule has 0 bridgehead atoms. The first-order valence-electron chi connectivity index (χ1n) is 3.06. The fourth-order valence-corrected chi connectivity index (χ4v) is 0.843. The van der Waals surface area contributed by atoms with E-state index in [1.165, 1.54) is 0 Å². The van der Waals surface area contributed by atoms with Crippen molar-refractivity contribution in [1.82, 2.24) is 4.98 Å². The molecular weight excluding hydrogens is 144 g/mol. The van der Waals surface area contributed by atoms with Crippen LogP contribution in [0.4, 0.5) is 5.69 Å². The molecule has 3 heteroatoms. The molecule has 0 amide bonds. The minimum atomic E-state index is 0.726. The van der Waals surface area contributed by atoms with E-state index >= 15 is 0 Å². The third kappa shape index (κ3) is 1.64. The SMILES string of the molecule is CN(CS)c1ccncc1. The van der Waals surface area contributed by atoms with Crippen molar-refractivity contribution in [2.75, 3.05) is 17.8 Å². The zero-order valence-corrected chi connectivity index (χ0v) is 6.75. The summed E-state index contributed by atoms with van der Waals surface area (Å²) in [6.07, 6.45) is 3.55. The summed E-state index contributed by atoms with van der Waals surface area (Å²) in [7, 11) is 1.99. The second-order valence-electron chi connectivity index (χ2n) is 2.04.